The minimum atomic E-state index is -4.82. The molecule has 0 N–H and O–H groups in total. The minimum Gasteiger partial charge on any atom is -0.406 e. The fourth-order valence-electron chi connectivity index (χ4n) is 5.95. The lowest BCUT2D eigenvalue weighted by atomic mass is 9.83. The van der Waals surface area contributed by atoms with Crippen molar-refractivity contribution in [1.82, 2.24) is 0 Å². The van der Waals surface area contributed by atoms with E-state index < -0.39 is 23.8 Å². The SMILES string of the molecule is Fc1cc(-c2c3ccccc3c(-c3cccc4ccccc34)c3ccc(-c4ccc(OC(F)(F)F)cc4)cc23)cc(F)c1F. The smallest absolute Gasteiger partial charge is 0.406 e. The first-order valence-electron chi connectivity index (χ1n) is 13.7. The molecule has 0 amide bonds. The highest BCUT2D eigenvalue weighted by atomic mass is 19.4. The highest BCUT2D eigenvalue weighted by Crippen LogP contribution is 2.46. The van der Waals surface area contributed by atoms with Gasteiger partial charge < -0.3 is 4.74 Å². The Morgan fingerprint density at radius 3 is 1.70 bits per heavy atom. The highest BCUT2D eigenvalue weighted by molar-refractivity contribution is 6.24. The van der Waals surface area contributed by atoms with E-state index in [-0.39, 0.29) is 11.3 Å². The average Bonchev–Trinajstić information content (AvgIpc) is 3.01. The molecular formula is C37H20F6O. The number of hydrogen-bond donors (Lipinski definition) is 0. The Morgan fingerprint density at radius 2 is 1.02 bits per heavy atom. The fourth-order valence-corrected chi connectivity index (χ4v) is 5.95. The van der Waals surface area contributed by atoms with Gasteiger partial charge in [0.2, 0.25) is 0 Å². The summed E-state index contributed by atoms with van der Waals surface area (Å²) in [4.78, 5) is 0. The molecular weight excluding hydrogens is 574 g/mol. The first-order valence-corrected chi connectivity index (χ1v) is 13.7. The number of rotatable bonds is 4. The van der Waals surface area contributed by atoms with Crippen molar-refractivity contribution in [1.29, 1.82) is 0 Å². The first kappa shape index (κ1) is 27.5. The molecule has 7 rings (SSSR count). The quantitative estimate of drug-likeness (QED) is 0.112. The number of benzene rings is 7. The average molecular weight is 595 g/mol. The van der Waals surface area contributed by atoms with E-state index in [0.717, 1.165) is 44.8 Å². The summed E-state index contributed by atoms with van der Waals surface area (Å²) in [6.45, 7) is 0. The molecule has 7 aromatic rings. The Kier molecular flexibility index (Phi) is 6.54. The van der Waals surface area contributed by atoms with Gasteiger partial charge in [-0.25, -0.2) is 13.2 Å². The molecule has 0 fully saturated rings. The maximum Gasteiger partial charge on any atom is 0.573 e. The Bertz CT molecular complexity index is 2190. The summed E-state index contributed by atoms with van der Waals surface area (Å²) in [5.41, 5.74) is 3.76. The van der Waals surface area contributed by atoms with Gasteiger partial charge in [0.1, 0.15) is 5.75 Å². The molecule has 44 heavy (non-hydrogen) atoms. The molecule has 1 nitrogen and oxygen atoms in total. The lowest BCUT2D eigenvalue weighted by Gasteiger charge is -2.20. The lowest BCUT2D eigenvalue weighted by Crippen LogP contribution is -2.16. The first-order chi connectivity index (χ1) is 21.2. The van der Waals surface area contributed by atoms with Crippen molar-refractivity contribution in [3.8, 4) is 39.1 Å². The van der Waals surface area contributed by atoms with Crippen LogP contribution in [0.15, 0.2) is 121 Å². The largest absolute Gasteiger partial charge is 0.573 e. The topological polar surface area (TPSA) is 9.23 Å². The second-order valence-electron chi connectivity index (χ2n) is 10.4. The molecule has 0 atom stereocenters. The summed E-state index contributed by atoms with van der Waals surface area (Å²) in [5.74, 6) is -4.54. The monoisotopic (exact) mass is 594 g/mol. The van der Waals surface area contributed by atoms with Gasteiger partial charge in [-0.1, -0.05) is 91.0 Å². The number of halogens is 6. The maximum atomic E-state index is 14.6. The Balaban J connectivity index is 1.57. The van der Waals surface area contributed by atoms with Gasteiger partial charge in [-0.2, -0.15) is 0 Å². The van der Waals surface area contributed by atoms with Gasteiger partial charge >= 0.3 is 6.36 Å². The zero-order chi connectivity index (χ0) is 30.6. The van der Waals surface area contributed by atoms with Crippen LogP contribution in [0.3, 0.4) is 0 Å². The van der Waals surface area contributed by atoms with Crippen LogP contribution in [0.1, 0.15) is 0 Å². The minimum absolute atomic E-state index is 0.151. The number of hydrogen-bond acceptors (Lipinski definition) is 1. The second-order valence-corrected chi connectivity index (χ2v) is 10.4. The third kappa shape index (κ3) is 4.80. The summed E-state index contributed by atoms with van der Waals surface area (Å²) in [5, 5.41) is 4.98. The van der Waals surface area contributed by atoms with Crippen LogP contribution in [0, 0.1) is 17.5 Å². The summed E-state index contributed by atoms with van der Waals surface area (Å²) >= 11 is 0. The number of ether oxygens (including phenoxy) is 1. The second kappa shape index (κ2) is 10.5. The van der Waals surface area contributed by atoms with Crippen LogP contribution in [0.4, 0.5) is 26.3 Å². The van der Waals surface area contributed by atoms with Crippen LogP contribution >= 0.6 is 0 Å². The van der Waals surface area contributed by atoms with Crippen molar-refractivity contribution in [2.75, 3.05) is 0 Å². The van der Waals surface area contributed by atoms with Gasteiger partial charge in [-0.3, -0.25) is 0 Å². The molecule has 0 bridgehead atoms. The van der Waals surface area contributed by atoms with Crippen LogP contribution in [-0.2, 0) is 0 Å². The molecule has 216 valence electrons. The van der Waals surface area contributed by atoms with E-state index >= 15 is 0 Å². The van der Waals surface area contributed by atoms with Crippen molar-refractivity contribution < 1.29 is 31.1 Å². The molecule has 0 saturated carbocycles. The predicted octanol–water partition coefficient (Wildman–Crippen LogP) is 11.5. The third-order valence-electron chi connectivity index (χ3n) is 7.78. The van der Waals surface area contributed by atoms with Crippen LogP contribution < -0.4 is 4.74 Å². The van der Waals surface area contributed by atoms with E-state index in [4.69, 9.17) is 0 Å². The van der Waals surface area contributed by atoms with Gasteiger partial charge in [0.15, 0.2) is 17.5 Å². The van der Waals surface area contributed by atoms with E-state index in [9.17, 15) is 26.3 Å². The molecule has 0 aromatic heterocycles. The van der Waals surface area contributed by atoms with Crippen LogP contribution in [-0.4, -0.2) is 6.36 Å². The molecule has 0 unspecified atom stereocenters. The summed E-state index contributed by atoms with van der Waals surface area (Å²) < 4.78 is 85.6. The zero-order valence-corrected chi connectivity index (χ0v) is 22.7. The highest BCUT2D eigenvalue weighted by Gasteiger charge is 2.31. The molecule has 0 aliphatic rings. The van der Waals surface area contributed by atoms with E-state index in [1.165, 1.54) is 24.3 Å². The van der Waals surface area contributed by atoms with Gasteiger partial charge in [0.25, 0.3) is 0 Å². The van der Waals surface area contributed by atoms with E-state index in [1.54, 1.807) is 0 Å². The molecule has 7 heteroatoms. The normalized spacial score (nSPS) is 11.9. The summed E-state index contributed by atoms with van der Waals surface area (Å²) in [6, 6.07) is 34.5. The molecule has 0 spiro atoms. The van der Waals surface area contributed by atoms with Gasteiger partial charge in [-0.15, -0.1) is 13.2 Å². The van der Waals surface area contributed by atoms with Gasteiger partial charge in [0, 0.05) is 0 Å². The number of fused-ring (bicyclic) bond motifs is 3. The lowest BCUT2D eigenvalue weighted by molar-refractivity contribution is -0.274. The molecule has 0 aliphatic heterocycles. The van der Waals surface area contributed by atoms with Crippen LogP contribution in [0.25, 0.3) is 65.7 Å². The fraction of sp³-hybridized carbons (Fsp3) is 0.0270. The Labute approximate surface area is 247 Å². The molecule has 0 radical (unpaired) electrons. The van der Waals surface area contributed by atoms with Crippen molar-refractivity contribution in [2.24, 2.45) is 0 Å². The maximum absolute atomic E-state index is 14.6. The van der Waals surface area contributed by atoms with Crippen molar-refractivity contribution in [3.05, 3.63) is 139 Å². The Morgan fingerprint density at radius 1 is 0.455 bits per heavy atom. The molecule has 0 saturated heterocycles. The van der Waals surface area contributed by atoms with Gasteiger partial charge in [-0.05, 0) is 96.0 Å². The predicted molar refractivity (Wildman–Crippen MR) is 162 cm³/mol. The molecule has 7 aromatic carbocycles. The van der Waals surface area contributed by atoms with E-state index in [1.807, 2.05) is 84.9 Å². The van der Waals surface area contributed by atoms with Crippen molar-refractivity contribution in [3.63, 3.8) is 0 Å². The van der Waals surface area contributed by atoms with E-state index in [2.05, 4.69) is 4.74 Å². The summed E-state index contributed by atoms with van der Waals surface area (Å²) in [7, 11) is 0. The van der Waals surface area contributed by atoms with Crippen LogP contribution in [0.5, 0.6) is 5.75 Å². The van der Waals surface area contributed by atoms with E-state index in [0.29, 0.717) is 27.5 Å². The number of alkyl halides is 3. The summed E-state index contributed by atoms with van der Waals surface area (Å²) in [6.07, 6.45) is -4.82. The van der Waals surface area contributed by atoms with Gasteiger partial charge in [0.05, 0.1) is 0 Å². The molecule has 0 heterocycles. The third-order valence-corrected chi connectivity index (χ3v) is 7.78. The van der Waals surface area contributed by atoms with Crippen LogP contribution in [0.2, 0.25) is 0 Å². The zero-order valence-electron chi connectivity index (χ0n) is 22.7. The molecule has 0 aliphatic carbocycles. The Hall–Kier alpha value is -5.30. The van der Waals surface area contributed by atoms with Crippen molar-refractivity contribution in [2.45, 2.75) is 6.36 Å². The van der Waals surface area contributed by atoms with Crippen molar-refractivity contribution >= 4 is 32.3 Å². The standard InChI is InChI=1S/C37H20F6O/c38-32-19-24(20-33(39)36(32)40)34-28-9-3-4-10-29(28)35(27-11-5-7-22-6-1-2-8-26(22)27)30-17-14-23(18-31(30)34)21-12-15-25(16-13-21)44-37(41,42)43/h1-20H.